The van der Waals surface area contributed by atoms with Crippen LogP contribution in [0.3, 0.4) is 0 Å². The van der Waals surface area contributed by atoms with E-state index in [0.717, 1.165) is 22.4 Å². The molecule has 174 valence electrons. The average molecular weight is 495 g/mol. The monoisotopic (exact) mass is 494 g/mol. The Bertz CT molecular complexity index is 1510. The summed E-state index contributed by atoms with van der Waals surface area (Å²) in [5, 5.41) is 2.96. The van der Waals surface area contributed by atoms with Gasteiger partial charge in [-0.15, -0.1) is 0 Å². The second-order valence-electron chi connectivity index (χ2n) is 8.16. The fourth-order valence-electron chi connectivity index (χ4n) is 4.38. The number of amides is 1. The average Bonchev–Trinajstić information content (AvgIpc) is 3.40. The molecule has 1 amide bonds. The molecule has 0 bridgehead atoms. The molecule has 0 atom stereocenters. The number of benzene rings is 3. The topological polar surface area (TPSA) is 84.3 Å². The molecule has 1 N–H and O–H groups in total. The second kappa shape index (κ2) is 8.77. The molecular formula is C25H23ClN4O3S. The van der Waals surface area contributed by atoms with Crippen molar-refractivity contribution in [2.75, 3.05) is 17.4 Å². The molecule has 7 nitrogen and oxygen atoms in total. The van der Waals surface area contributed by atoms with Crippen molar-refractivity contribution in [1.29, 1.82) is 0 Å². The summed E-state index contributed by atoms with van der Waals surface area (Å²) in [6.45, 7) is 3.17. The number of aryl methyl sites for hydroxylation is 1. The third-order valence-electron chi connectivity index (χ3n) is 6.07. The van der Waals surface area contributed by atoms with Gasteiger partial charge in [0.2, 0.25) is 0 Å². The summed E-state index contributed by atoms with van der Waals surface area (Å²) in [6, 6.07) is 19.6. The zero-order valence-electron chi connectivity index (χ0n) is 18.5. The predicted molar refractivity (Wildman–Crippen MR) is 133 cm³/mol. The van der Waals surface area contributed by atoms with Crippen LogP contribution < -0.4 is 9.62 Å². The third-order valence-corrected chi connectivity index (χ3v) is 8.37. The lowest BCUT2D eigenvalue weighted by molar-refractivity contribution is 0.0952. The molecule has 4 aromatic rings. The summed E-state index contributed by atoms with van der Waals surface area (Å²) in [6.07, 6.45) is 0.634. The molecule has 9 heteroatoms. The van der Waals surface area contributed by atoms with Crippen molar-refractivity contribution in [3.8, 4) is 0 Å². The molecule has 0 spiro atoms. The van der Waals surface area contributed by atoms with Crippen LogP contribution in [0.5, 0.6) is 0 Å². The Morgan fingerprint density at radius 3 is 2.71 bits per heavy atom. The molecule has 2 heterocycles. The normalized spacial score (nSPS) is 13.3. The lowest BCUT2D eigenvalue weighted by atomic mass is 10.2. The van der Waals surface area contributed by atoms with Gasteiger partial charge >= 0.3 is 0 Å². The lowest BCUT2D eigenvalue weighted by Gasteiger charge is -2.20. The van der Waals surface area contributed by atoms with Crippen LogP contribution in [0.25, 0.3) is 11.0 Å². The summed E-state index contributed by atoms with van der Waals surface area (Å²) in [5.41, 5.74) is 3.76. The zero-order valence-corrected chi connectivity index (χ0v) is 20.1. The fraction of sp³-hybridized carbons (Fsp3) is 0.200. The number of anilines is 1. The van der Waals surface area contributed by atoms with Crippen LogP contribution >= 0.6 is 11.6 Å². The van der Waals surface area contributed by atoms with Crippen molar-refractivity contribution in [1.82, 2.24) is 14.9 Å². The summed E-state index contributed by atoms with van der Waals surface area (Å²) < 4.78 is 30.2. The van der Waals surface area contributed by atoms with Crippen molar-refractivity contribution in [2.45, 2.75) is 24.8 Å². The predicted octanol–water partition coefficient (Wildman–Crippen LogP) is 4.18. The molecular weight excluding hydrogens is 472 g/mol. The Hall–Kier alpha value is -3.36. The molecule has 34 heavy (non-hydrogen) atoms. The maximum atomic E-state index is 13.4. The maximum absolute atomic E-state index is 13.4. The number of para-hydroxylation sites is 3. The van der Waals surface area contributed by atoms with Gasteiger partial charge in [-0.1, -0.05) is 41.9 Å². The highest BCUT2D eigenvalue weighted by Crippen LogP contribution is 2.35. The van der Waals surface area contributed by atoms with Gasteiger partial charge in [-0.3, -0.25) is 9.10 Å². The second-order valence-corrected chi connectivity index (χ2v) is 10.4. The summed E-state index contributed by atoms with van der Waals surface area (Å²) >= 11 is 6.29. The highest BCUT2D eigenvalue weighted by Gasteiger charge is 2.32. The molecule has 0 radical (unpaired) electrons. The highest BCUT2D eigenvalue weighted by atomic mass is 35.5. The smallest absolute Gasteiger partial charge is 0.265 e. The molecule has 5 rings (SSSR count). The van der Waals surface area contributed by atoms with Crippen molar-refractivity contribution >= 4 is 44.3 Å². The van der Waals surface area contributed by atoms with Crippen LogP contribution in [-0.4, -0.2) is 37.0 Å². The zero-order chi connectivity index (χ0) is 23.9. The minimum Gasteiger partial charge on any atom is -0.350 e. The number of carbonyl (C=O) groups excluding carboxylic acids is 1. The third kappa shape index (κ3) is 3.93. The van der Waals surface area contributed by atoms with E-state index in [1.165, 1.54) is 22.5 Å². The molecule has 0 saturated carbocycles. The molecule has 0 fully saturated rings. The van der Waals surface area contributed by atoms with Gasteiger partial charge in [-0.2, -0.15) is 0 Å². The first-order chi connectivity index (χ1) is 16.4. The summed E-state index contributed by atoms with van der Waals surface area (Å²) in [7, 11) is -3.92. The van der Waals surface area contributed by atoms with Crippen molar-refractivity contribution in [3.63, 3.8) is 0 Å². The van der Waals surface area contributed by atoms with E-state index in [-0.39, 0.29) is 21.4 Å². The van der Waals surface area contributed by atoms with Gasteiger partial charge in [0.15, 0.2) is 0 Å². The van der Waals surface area contributed by atoms with Crippen molar-refractivity contribution in [3.05, 3.63) is 88.7 Å². The van der Waals surface area contributed by atoms with Crippen LogP contribution in [0.4, 0.5) is 5.69 Å². The number of aromatic nitrogens is 2. The van der Waals surface area contributed by atoms with E-state index in [9.17, 15) is 13.2 Å². The number of sulfonamides is 1. The number of carbonyl (C=O) groups is 1. The van der Waals surface area contributed by atoms with E-state index in [4.69, 9.17) is 11.6 Å². The molecule has 0 saturated heterocycles. The van der Waals surface area contributed by atoms with Gasteiger partial charge in [0.25, 0.3) is 15.9 Å². The lowest BCUT2D eigenvalue weighted by Crippen LogP contribution is -2.30. The van der Waals surface area contributed by atoms with E-state index < -0.39 is 10.0 Å². The minimum absolute atomic E-state index is 0.0741. The Labute approximate surface area is 203 Å². The van der Waals surface area contributed by atoms with Crippen LogP contribution in [0, 0.1) is 6.92 Å². The molecule has 0 unspecified atom stereocenters. The Kier molecular flexibility index (Phi) is 5.79. The van der Waals surface area contributed by atoms with E-state index in [0.29, 0.717) is 31.7 Å². The van der Waals surface area contributed by atoms with Gasteiger partial charge in [0, 0.05) is 25.2 Å². The first-order valence-corrected chi connectivity index (χ1v) is 12.8. The maximum Gasteiger partial charge on any atom is 0.265 e. The quantitative estimate of drug-likeness (QED) is 0.436. The van der Waals surface area contributed by atoms with Crippen LogP contribution in [0.15, 0.2) is 71.6 Å². The standard InChI is InChI=1S/C25H23ClN4O3S/c1-17-28-21-7-3-5-9-23(21)29(17)15-13-27-25(31)19-10-11-20(26)24(16-19)34(32,33)30-14-12-18-6-2-4-8-22(18)30/h2-11,16H,12-15H2,1H3,(H,27,31). The number of nitrogens with one attached hydrogen (secondary N) is 1. The summed E-state index contributed by atoms with van der Waals surface area (Å²) in [4.78, 5) is 17.3. The number of halogens is 1. The first-order valence-electron chi connectivity index (χ1n) is 11.0. The van der Waals surface area contributed by atoms with E-state index in [1.807, 2.05) is 54.0 Å². The first kappa shape index (κ1) is 22.4. The number of imidazole rings is 1. The molecule has 1 aliphatic heterocycles. The Morgan fingerprint density at radius 1 is 1.09 bits per heavy atom. The molecule has 1 aromatic heterocycles. The van der Waals surface area contributed by atoms with E-state index in [1.54, 1.807) is 6.07 Å². The van der Waals surface area contributed by atoms with E-state index >= 15 is 0 Å². The number of hydrogen-bond donors (Lipinski definition) is 1. The summed E-state index contributed by atoms with van der Waals surface area (Å²) in [5.74, 6) is 0.498. The number of fused-ring (bicyclic) bond motifs is 2. The van der Waals surface area contributed by atoms with E-state index in [2.05, 4.69) is 10.3 Å². The van der Waals surface area contributed by atoms with Crippen LogP contribution in [0.1, 0.15) is 21.7 Å². The number of nitrogens with zero attached hydrogens (tertiary/aromatic N) is 3. The van der Waals surface area contributed by atoms with Gasteiger partial charge in [-0.05, 0) is 55.3 Å². The minimum atomic E-state index is -3.92. The molecule has 3 aromatic carbocycles. The van der Waals surface area contributed by atoms with Gasteiger partial charge in [-0.25, -0.2) is 13.4 Å². The Morgan fingerprint density at radius 2 is 1.85 bits per heavy atom. The van der Waals surface area contributed by atoms with Crippen molar-refractivity contribution < 1.29 is 13.2 Å². The van der Waals surface area contributed by atoms with Gasteiger partial charge in [0.05, 0.1) is 21.7 Å². The highest BCUT2D eigenvalue weighted by molar-refractivity contribution is 7.93. The van der Waals surface area contributed by atoms with Crippen LogP contribution in [-0.2, 0) is 23.0 Å². The van der Waals surface area contributed by atoms with Gasteiger partial charge in [0.1, 0.15) is 10.7 Å². The molecule has 0 aliphatic carbocycles. The fourth-order valence-corrected chi connectivity index (χ4v) is 6.39. The van der Waals surface area contributed by atoms with Gasteiger partial charge < -0.3 is 9.88 Å². The van der Waals surface area contributed by atoms with Crippen molar-refractivity contribution in [2.24, 2.45) is 0 Å². The SMILES string of the molecule is Cc1nc2ccccc2n1CCNC(=O)c1ccc(Cl)c(S(=O)(=O)N2CCc3ccccc32)c1. The largest absolute Gasteiger partial charge is 0.350 e. The van der Waals surface area contributed by atoms with Crippen LogP contribution in [0.2, 0.25) is 5.02 Å². The number of hydrogen-bond acceptors (Lipinski definition) is 4. The number of rotatable bonds is 6. The Balaban J connectivity index is 1.34. The molecule has 1 aliphatic rings.